The van der Waals surface area contributed by atoms with E-state index in [0.29, 0.717) is 25.7 Å². The lowest BCUT2D eigenvalue weighted by atomic mass is 9.91. The second kappa shape index (κ2) is 6.35. The SMILES string of the molecule is CC(=O)CCC1=C(C2=CC=C(F)CC2)N(C)C(N)C1C=N. The molecule has 0 amide bonds. The van der Waals surface area contributed by atoms with Gasteiger partial charge in [0.15, 0.2) is 0 Å². The highest BCUT2D eigenvalue weighted by atomic mass is 19.1. The number of ketones is 1. The number of carbonyl (C=O) groups excluding carboxylic acids is 1. The number of nitrogens with one attached hydrogen (secondary N) is 1. The fourth-order valence-corrected chi connectivity index (χ4v) is 3.02. The summed E-state index contributed by atoms with van der Waals surface area (Å²) in [5.74, 6) is -0.170. The lowest BCUT2D eigenvalue weighted by molar-refractivity contribution is -0.116. The third kappa shape index (κ3) is 3.13. The first-order chi connectivity index (χ1) is 9.95. The van der Waals surface area contributed by atoms with Crippen molar-refractivity contribution in [3.8, 4) is 0 Å². The van der Waals surface area contributed by atoms with Crippen LogP contribution in [0.4, 0.5) is 4.39 Å². The van der Waals surface area contributed by atoms with E-state index in [2.05, 4.69) is 0 Å². The molecule has 0 bridgehead atoms. The van der Waals surface area contributed by atoms with Gasteiger partial charge in [-0.1, -0.05) is 6.08 Å². The Balaban J connectivity index is 2.40. The number of halogens is 1. The molecule has 0 fully saturated rings. The van der Waals surface area contributed by atoms with Gasteiger partial charge in [0.05, 0.1) is 12.1 Å². The normalized spacial score (nSPS) is 25.8. The number of rotatable bonds is 5. The minimum atomic E-state index is -0.295. The van der Waals surface area contributed by atoms with Crippen LogP contribution in [-0.2, 0) is 4.79 Å². The second-order valence-electron chi connectivity index (χ2n) is 5.68. The van der Waals surface area contributed by atoms with E-state index in [4.69, 9.17) is 11.1 Å². The van der Waals surface area contributed by atoms with Crippen molar-refractivity contribution in [3.63, 3.8) is 0 Å². The van der Waals surface area contributed by atoms with Gasteiger partial charge in [0.2, 0.25) is 0 Å². The van der Waals surface area contributed by atoms with Crippen LogP contribution >= 0.6 is 0 Å². The van der Waals surface area contributed by atoms with Gasteiger partial charge in [0, 0.05) is 31.8 Å². The third-order valence-electron chi connectivity index (χ3n) is 4.20. The summed E-state index contributed by atoms with van der Waals surface area (Å²) in [6, 6.07) is 0. The summed E-state index contributed by atoms with van der Waals surface area (Å²) in [5.41, 5.74) is 9.24. The summed E-state index contributed by atoms with van der Waals surface area (Å²) in [4.78, 5) is 13.2. The average molecular weight is 291 g/mol. The molecular formula is C16H22FN3O. The molecule has 3 N–H and O–H groups in total. The smallest absolute Gasteiger partial charge is 0.130 e. The van der Waals surface area contributed by atoms with E-state index in [9.17, 15) is 9.18 Å². The monoisotopic (exact) mass is 291 g/mol. The fourth-order valence-electron chi connectivity index (χ4n) is 3.02. The molecule has 2 aliphatic rings. The molecule has 21 heavy (non-hydrogen) atoms. The van der Waals surface area contributed by atoms with Crippen molar-refractivity contribution in [3.05, 3.63) is 34.8 Å². The number of hydrogen-bond acceptors (Lipinski definition) is 4. The van der Waals surface area contributed by atoms with Gasteiger partial charge in [0.1, 0.15) is 11.6 Å². The van der Waals surface area contributed by atoms with Gasteiger partial charge in [-0.05, 0) is 37.0 Å². The summed E-state index contributed by atoms with van der Waals surface area (Å²) in [6.45, 7) is 1.57. The molecular weight excluding hydrogens is 269 g/mol. The third-order valence-corrected chi connectivity index (χ3v) is 4.20. The van der Waals surface area contributed by atoms with Crippen molar-refractivity contribution in [1.82, 2.24) is 4.90 Å². The number of Topliss-reactive ketones (excluding diaryl/α,β-unsaturated/α-hetero) is 1. The Morgan fingerprint density at radius 3 is 2.76 bits per heavy atom. The number of nitrogens with two attached hydrogens (primary N) is 1. The van der Waals surface area contributed by atoms with Gasteiger partial charge < -0.3 is 20.8 Å². The van der Waals surface area contributed by atoms with Crippen LogP contribution in [0.5, 0.6) is 0 Å². The van der Waals surface area contributed by atoms with Crippen LogP contribution in [-0.4, -0.2) is 30.1 Å². The van der Waals surface area contributed by atoms with Crippen LogP contribution in [0.25, 0.3) is 0 Å². The number of likely N-dealkylation sites (N-methyl/N-ethyl adjacent to an activating group) is 1. The Kier molecular flexibility index (Phi) is 4.73. The molecule has 0 aromatic heterocycles. The molecule has 5 heteroatoms. The minimum Gasteiger partial charge on any atom is -0.358 e. The van der Waals surface area contributed by atoms with Gasteiger partial charge in [0.25, 0.3) is 0 Å². The lowest BCUT2D eigenvalue weighted by Gasteiger charge is -2.25. The molecule has 2 atom stereocenters. The van der Waals surface area contributed by atoms with Crippen LogP contribution < -0.4 is 5.73 Å². The van der Waals surface area contributed by atoms with Crippen molar-refractivity contribution >= 4 is 12.0 Å². The van der Waals surface area contributed by atoms with E-state index in [1.54, 1.807) is 13.0 Å². The number of nitrogens with zero attached hydrogens (tertiary/aromatic N) is 1. The largest absolute Gasteiger partial charge is 0.358 e. The fraction of sp³-hybridized carbons (Fsp3) is 0.500. The molecule has 1 heterocycles. The zero-order chi connectivity index (χ0) is 15.6. The van der Waals surface area contributed by atoms with Crippen molar-refractivity contribution in [2.75, 3.05) is 7.05 Å². The highest BCUT2D eigenvalue weighted by Crippen LogP contribution is 2.39. The Labute approximate surface area is 124 Å². The predicted octanol–water partition coefficient (Wildman–Crippen LogP) is 2.68. The van der Waals surface area contributed by atoms with Gasteiger partial charge in [-0.15, -0.1) is 0 Å². The quantitative estimate of drug-likeness (QED) is 0.765. The zero-order valence-electron chi connectivity index (χ0n) is 12.5. The highest BCUT2D eigenvalue weighted by molar-refractivity contribution is 5.76. The van der Waals surface area contributed by atoms with Gasteiger partial charge >= 0.3 is 0 Å². The van der Waals surface area contributed by atoms with Crippen LogP contribution in [0.1, 0.15) is 32.6 Å². The average Bonchev–Trinajstić information content (AvgIpc) is 2.69. The van der Waals surface area contributed by atoms with E-state index in [-0.39, 0.29) is 23.7 Å². The highest BCUT2D eigenvalue weighted by Gasteiger charge is 2.36. The molecule has 0 spiro atoms. The first kappa shape index (κ1) is 15.6. The molecule has 4 nitrogen and oxygen atoms in total. The summed E-state index contributed by atoms with van der Waals surface area (Å²) in [5, 5.41) is 7.63. The standard InChI is InChI=1S/C16H22FN3O/c1-10(21)3-8-13-14(9-18)16(19)20(2)15(13)11-4-6-12(17)7-5-11/h4,6,9,14,16,18H,3,5,7-8,19H2,1-2H3. The number of allylic oxidation sites excluding steroid dienone is 4. The molecule has 114 valence electrons. The second-order valence-corrected chi connectivity index (χ2v) is 5.68. The Morgan fingerprint density at radius 2 is 2.24 bits per heavy atom. The first-order valence-electron chi connectivity index (χ1n) is 7.22. The Morgan fingerprint density at radius 1 is 1.52 bits per heavy atom. The summed E-state index contributed by atoms with van der Waals surface area (Å²) < 4.78 is 13.2. The zero-order valence-corrected chi connectivity index (χ0v) is 12.5. The van der Waals surface area contributed by atoms with E-state index < -0.39 is 0 Å². The van der Waals surface area contributed by atoms with Crippen LogP contribution in [0.15, 0.2) is 34.8 Å². The molecule has 2 unspecified atom stereocenters. The number of carbonyl (C=O) groups is 1. The summed E-state index contributed by atoms with van der Waals surface area (Å²) >= 11 is 0. The van der Waals surface area contributed by atoms with E-state index in [1.807, 2.05) is 11.9 Å². The molecule has 0 aromatic rings. The van der Waals surface area contributed by atoms with Gasteiger partial charge in [-0.2, -0.15) is 0 Å². The number of hydrogen-bond donors (Lipinski definition) is 2. The van der Waals surface area contributed by atoms with Crippen molar-refractivity contribution < 1.29 is 9.18 Å². The van der Waals surface area contributed by atoms with E-state index in [0.717, 1.165) is 16.8 Å². The molecule has 0 radical (unpaired) electrons. The van der Waals surface area contributed by atoms with Crippen LogP contribution in [0.2, 0.25) is 0 Å². The molecule has 0 aromatic carbocycles. The van der Waals surface area contributed by atoms with Gasteiger partial charge in [-0.25, -0.2) is 4.39 Å². The maximum Gasteiger partial charge on any atom is 0.130 e. The molecule has 0 saturated carbocycles. The van der Waals surface area contributed by atoms with Crippen molar-refractivity contribution in [2.45, 2.75) is 38.8 Å². The van der Waals surface area contributed by atoms with Gasteiger partial charge in [-0.3, -0.25) is 0 Å². The van der Waals surface area contributed by atoms with Crippen LogP contribution in [0, 0.1) is 11.3 Å². The van der Waals surface area contributed by atoms with E-state index in [1.165, 1.54) is 12.3 Å². The molecule has 0 saturated heterocycles. The topological polar surface area (TPSA) is 70.2 Å². The van der Waals surface area contributed by atoms with Crippen molar-refractivity contribution in [1.29, 1.82) is 5.41 Å². The van der Waals surface area contributed by atoms with E-state index >= 15 is 0 Å². The molecule has 2 rings (SSSR count). The first-order valence-corrected chi connectivity index (χ1v) is 7.22. The van der Waals surface area contributed by atoms with Crippen molar-refractivity contribution in [2.24, 2.45) is 11.7 Å². The van der Waals surface area contributed by atoms with Crippen LogP contribution in [0.3, 0.4) is 0 Å². The maximum atomic E-state index is 13.2. The lowest BCUT2D eigenvalue weighted by Crippen LogP contribution is -2.40. The molecule has 1 aliphatic heterocycles. The Bertz CT molecular complexity index is 548. The summed E-state index contributed by atoms with van der Waals surface area (Å²) in [6.07, 6.45) is 6.41. The Hall–Kier alpha value is -1.75. The maximum absolute atomic E-state index is 13.2. The summed E-state index contributed by atoms with van der Waals surface area (Å²) in [7, 11) is 1.90. The molecule has 1 aliphatic carbocycles. The predicted molar refractivity (Wildman–Crippen MR) is 81.5 cm³/mol. The minimum absolute atomic E-state index is 0.113.